The molecule has 0 saturated heterocycles. The maximum Gasteiger partial charge on any atom is 0.123 e. The highest BCUT2D eigenvalue weighted by Crippen LogP contribution is 2.12. The highest BCUT2D eigenvalue weighted by molar-refractivity contribution is 5.19. The Morgan fingerprint density at radius 2 is 2.12 bits per heavy atom. The Morgan fingerprint density at radius 1 is 1.29 bits per heavy atom. The van der Waals surface area contributed by atoms with E-state index in [0.29, 0.717) is 6.54 Å². The molecule has 0 radical (unpaired) electrons. The molecule has 0 spiro atoms. The first kappa shape index (κ1) is 10.4. The zero-order valence-electron chi connectivity index (χ0n) is 9.36. The molecular formula is C12H13FN4. The van der Waals surface area contributed by atoms with Gasteiger partial charge in [-0.25, -0.2) is 9.07 Å². The Hall–Kier alpha value is -1.75. The predicted molar refractivity (Wildman–Crippen MR) is 60.9 cm³/mol. The van der Waals surface area contributed by atoms with Crippen LogP contribution in [-0.2, 0) is 19.5 Å². The van der Waals surface area contributed by atoms with E-state index < -0.39 is 0 Å². The van der Waals surface area contributed by atoms with E-state index in [0.717, 1.165) is 30.8 Å². The van der Waals surface area contributed by atoms with Crippen molar-refractivity contribution in [2.75, 3.05) is 6.54 Å². The molecule has 0 aliphatic carbocycles. The number of nitrogens with one attached hydrogen (secondary N) is 1. The summed E-state index contributed by atoms with van der Waals surface area (Å²) in [5.74, 6) is -0.210. The number of hydrogen-bond acceptors (Lipinski definition) is 3. The molecule has 0 amide bonds. The minimum Gasteiger partial charge on any atom is -0.311 e. The van der Waals surface area contributed by atoms with Crippen LogP contribution in [0.15, 0.2) is 24.3 Å². The number of benzene rings is 1. The first-order valence-corrected chi connectivity index (χ1v) is 5.69. The largest absolute Gasteiger partial charge is 0.311 e. The fraction of sp³-hybridized carbons (Fsp3) is 0.333. The fourth-order valence-electron chi connectivity index (χ4n) is 2.08. The van der Waals surface area contributed by atoms with Crippen molar-refractivity contribution in [1.29, 1.82) is 0 Å². The molecule has 3 rings (SSSR count). The van der Waals surface area contributed by atoms with Crippen molar-refractivity contribution in [2.45, 2.75) is 19.5 Å². The summed E-state index contributed by atoms with van der Waals surface area (Å²) in [5.41, 5.74) is 3.25. The maximum atomic E-state index is 12.8. The highest BCUT2D eigenvalue weighted by atomic mass is 19.1. The van der Waals surface area contributed by atoms with Gasteiger partial charge in [0.2, 0.25) is 0 Å². The van der Waals surface area contributed by atoms with Crippen LogP contribution in [-0.4, -0.2) is 21.5 Å². The second-order valence-electron chi connectivity index (χ2n) is 4.19. The Kier molecular flexibility index (Phi) is 2.60. The predicted octanol–water partition coefficient (Wildman–Crippen LogP) is 1.11. The van der Waals surface area contributed by atoms with E-state index in [1.54, 1.807) is 12.1 Å². The van der Waals surface area contributed by atoms with Crippen LogP contribution in [0.4, 0.5) is 4.39 Å². The lowest BCUT2D eigenvalue weighted by molar-refractivity contribution is 0.580. The second-order valence-corrected chi connectivity index (χ2v) is 4.19. The molecule has 1 aliphatic rings. The molecule has 2 aromatic rings. The topological polar surface area (TPSA) is 42.7 Å². The van der Waals surface area contributed by atoms with Crippen molar-refractivity contribution in [1.82, 2.24) is 20.3 Å². The maximum absolute atomic E-state index is 12.8. The van der Waals surface area contributed by atoms with E-state index in [9.17, 15) is 4.39 Å². The lowest BCUT2D eigenvalue weighted by Crippen LogP contribution is -2.25. The van der Waals surface area contributed by atoms with E-state index in [1.807, 2.05) is 4.68 Å². The number of nitrogens with zero attached hydrogens (tertiary/aromatic N) is 3. The standard InChI is InChI=1S/C12H13FN4/c13-10-3-1-9(2-4-10)8-17-12-5-6-14-7-11(12)15-16-17/h1-4,14H,5-8H2. The summed E-state index contributed by atoms with van der Waals surface area (Å²) in [6.07, 6.45) is 0.948. The second kappa shape index (κ2) is 4.25. The summed E-state index contributed by atoms with van der Waals surface area (Å²) in [6.45, 7) is 2.41. The molecule has 2 heterocycles. The van der Waals surface area contributed by atoms with Gasteiger partial charge in [0.1, 0.15) is 5.82 Å². The quantitative estimate of drug-likeness (QED) is 0.843. The van der Waals surface area contributed by atoms with Crippen LogP contribution < -0.4 is 5.32 Å². The summed E-state index contributed by atoms with van der Waals surface area (Å²) in [7, 11) is 0. The molecule has 0 bridgehead atoms. The lowest BCUT2D eigenvalue weighted by atomic mass is 10.1. The summed E-state index contributed by atoms with van der Waals surface area (Å²) in [4.78, 5) is 0. The van der Waals surface area contributed by atoms with Gasteiger partial charge in [0, 0.05) is 19.5 Å². The van der Waals surface area contributed by atoms with Crippen molar-refractivity contribution in [3.8, 4) is 0 Å². The zero-order chi connectivity index (χ0) is 11.7. The molecule has 1 N–H and O–H groups in total. The van der Waals surface area contributed by atoms with Gasteiger partial charge in [-0.15, -0.1) is 5.10 Å². The van der Waals surface area contributed by atoms with Crippen LogP contribution in [0.3, 0.4) is 0 Å². The SMILES string of the molecule is Fc1ccc(Cn2nnc3c2CCNC3)cc1. The van der Waals surface area contributed by atoms with Gasteiger partial charge in [0.15, 0.2) is 0 Å². The highest BCUT2D eigenvalue weighted by Gasteiger charge is 2.16. The summed E-state index contributed by atoms with van der Waals surface area (Å²) >= 11 is 0. The van der Waals surface area contributed by atoms with E-state index in [2.05, 4.69) is 15.6 Å². The van der Waals surface area contributed by atoms with Gasteiger partial charge < -0.3 is 5.32 Å². The fourth-order valence-corrected chi connectivity index (χ4v) is 2.08. The van der Waals surface area contributed by atoms with Gasteiger partial charge in [-0.1, -0.05) is 17.3 Å². The first-order chi connectivity index (χ1) is 8.33. The number of fused-ring (bicyclic) bond motifs is 1. The van der Waals surface area contributed by atoms with Gasteiger partial charge >= 0.3 is 0 Å². The molecule has 1 aromatic heterocycles. The first-order valence-electron chi connectivity index (χ1n) is 5.69. The lowest BCUT2D eigenvalue weighted by Gasteiger charge is -2.13. The van der Waals surface area contributed by atoms with Crippen molar-refractivity contribution in [3.63, 3.8) is 0 Å². The van der Waals surface area contributed by atoms with Gasteiger partial charge in [0.25, 0.3) is 0 Å². The van der Waals surface area contributed by atoms with Gasteiger partial charge in [-0.2, -0.15) is 0 Å². The number of aromatic nitrogens is 3. The molecule has 88 valence electrons. The van der Waals surface area contributed by atoms with E-state index in [-0.39, 0.29) is 5.82 Å². The number of halogens is 1. The van der Waals surface area contributed by atoms with E-state index in [1.165, 1.54) is 17.8 Å². The van der Waals surface area contributed by atoms with Gasteiger partial charge in [0.05, 0.1) is 17.9 Å². The van der Waals surface area contributed by atoms with Crippen LogP contribution in [0.25, 0.3) is 0 Å². The molecule has 5 heteroatoms. The number of hydrogen-bond donors (Lipinski definition) is 1. The Bertz CT molecular complexity index is 518. The molecular weight excluding hydrogens is 219 g/mol. The molecule has 0 atom stereocenters. The Morgan fingerprint density at radius 3 is 2.94 bits per heavy atom. The molecule has 1 aromatic carbocycles. The summed E-state index contributed by atoms with van der Waals surface area (Å²) in [5, 5.41) is 11.6. The molecule has 0 fully saturated rings. The molecule has 4 nitrogen and oxygen atoms in total. The van der Waals surface area contributed by atoms with Crippen molar-refractivity contribution in [2.24, 2.45) is 0 Å². The average Bonchev–Trinajstić information content (AvgIpc) is 2.76. The zero-order valence-corrected chi connectivity index (χ0v) is 9.36. The Balaban J connectivity index is 1.85. The van der Waals surface area contributed by atoms with Gasteiger partial charge in [-0.05, 0) is 17.7 Å². The number of rotatable bonds is 2. The third kappa shape index (κ3) is 2.06. The molecule has 0 saturated carbocycles. The monoisotopic (exact) mass is 232 g/mol. The third-order valence-corrected chi connectivity index (χ3v) is 2.99. The average molecular weight is 232 g/mol. The van der Waals surface area contributed by atoms with Crippen molar-refractivity contribution < 1.29 is 4.39 Å². The Labute approximate surface area is 98.5 Å². The van der Waals surface area contributed by atoms with Crippen molar-refractivity contribution in [3.05, 3.63) is 47.0 Å². The van der Waals surface area contributed by atoms with Crippen LogP contribution in [0, 0.1) is 5.82 Å². The minimum atomic E-state index is -0.210. The molecule has 17 heavy (non-hydrogen) atoms. The van der Waals surface area contributed by atoms with Crippen LogP contribution >= 0.6 is 0 Å². The minimum absolute atomic E-state index is 0.210. The van der Waals surface area contributed by atoms with E-state index in [4.69, 9.17) is 0 Å². The van der Waals surface area contributed by atoms with Crippen LogP contribution in [0.5, 0.6) is 0 Å². The van der Waals surface area contributed by atoms with Crippen LogP contribution in [0.2, 0.25) is 0 Å². The molecule has 0 unspecified atom stereocenters. The normalized spacial score (nSPS) is 14.6. The van der Waals surface area contributed by atoms with Gasteiger partial charge in [-0.3, -0.25) is 0 Å². The molecule has 1 aliphatic heterocycles. The third-order valence-electron chi connectivity index (χ3n) is 2.99. The van der Waals surface area contributed by atoms with E-state index >= 15 is 0 Å². The summed E-state index contributed by atoms with van der Waals surface area (Å²) < 4.78 is 14.7. The smallest absolute Gasteiger partial charge is 0.123 e. The van der Waals surface area contributed by atoms with Crippen LogP contribution in [0.1, 0.15) is 17.0 Å². The van der Waals surface area contributed by atoms with Crippen molar-refractivity contribution >= 4 is 0 Å². The summed E-state index contributed by atoms with van der Waals surface area (Å²) in [6, 6.07) is 6.51.